The summed E-state index contributed by atoms with van der Waals surface area (Å²) in [5.41, 5.74) is 0. The standard InChI is InChI=1S/C10H15FN2O5/c1-4-2-13(10(17)12-8(4)16)9-6(11)7(15)5(3-14)18-9/h4-7,9,14-15H,2-3H2,1H3,(H,12,16,17)/t4?,5-,6+,7?,9-/m1/s1. The molecular formula is C10H15FN2O5. The third-order valence-electron chi connectivity index (χ3n) is 3.19. The molecule has 0 aromatic heterocycles. The predicted octanol–water partition coefficient (Wildman–Crippen LogP) is -1.41. The van der Waals surface area contributed by atoms with E-state index in [1.54, 1.807) is 6.92 Å². The normalized spacial score (nSPS) is 41.1. The summed E-state index contributed by atoms with van der Waals surface area (Å²) in [5, 5.41) is 20.5. The Hall–Kier alpha value is -1.25. The van der Waals surface area contributed by atoms with E-state index in [-0.39, 0.29) is 6.54 Å². The number of halogens is 1. The molecule has 2 heterocycles. The van der Waals surface area contributed by atoms with Crippen LogP contribution in [0, 0.1) is 5.92 Å². The van der Waals surface area contributed by atoms with Crippen LogP contribution in [-0.2, 0) is 9.53 Å². The lowest BCUT2D eigenvalue weighted by Crippen LogP contribution is -2.59. The van der Waals surface area contributed by atoms with Gasteiger partial charge in [0.15, 0.2) is 12.4 Å². The summed E-state index contributed by atoms with van der Waals surface area (Å²) in [6, 6.07) is -0.753. The smallest absolute Gasteiger partial charge is 0.326 e. The number of carbonyl (C=O) groups is 2. The molecule has 2 aliphatic heterocycles. The van der Waals surface area contributed by atoms with Crippen LogP contribution in [0.15, 0.2) is 0 Å². The van der Waals surface area contributed by atoms with Crippen molar-refractivity contribution in [3.8, 4) is 0 Å². The molecule has 102 valence electrons. The van der Waals surface area contributed by atoms with Gasteiger partial charge in [-0.2, -0.15) is 0 Å². The average Bonchev–Trinajstić information content (AvgIpc) is 2.61. The monoisotopic (exact) mass is 262 g/mol. The summed E-state index contributed by atoms with van der Waals surface area (Å²) in [6.45, 7) is 1.07. The first-order chi connectivity index (χ1) is 8.45. The van der Waals surface area contributed by atoms with E-state index >= 15 is 0 Å². The Morgan fingerprint density at radius 3 is 2.78 bits per heavy atom. The maximum atomic E-state index is 13.8. The Kier molecular flexibility index (Phi) is 3.51. The molecule has 0 spiro atoms. The molecule has 0 radical (unpaired) electrons. The molecule has 18 heavy (non-hydrogen) atoms. The van der Waals surface area contributed by atoms with Gasteiger partial charge in [0.25, 0.3) is 0 Å². The Balaban J connectivity index is 2.12. The number of amides is 3. The van der Waals surface area contributed by atoms with Crippen LogP contribution in [0.2, 0.25) is 0 Å². The highest BCUT2D eigenvalue weighted by atomic mass is 19.1. The highest BCUT2D eigenvalue weighted by Gasteiger charge is 2.49. The molecule has 0 aliphatic carbocycles. The first kappa shape index (κ1) is 13.2. The minimum absolute atomic E-state index is 0.0145. The lowest BCUT2D eigenvalue weighted by Gasteiger charge is -2.34. The second-order valence-electron chi connectivity index (χ2n) is 4.53. The largest absolute Gasteiger partial charge is 0.394 e. The van der Waals surface area contributed by atoms with E-state index < -0.39 is 49.1 Å². The number of alkyl halides is 1. The highest BCUT2D eigenvalue weighted by Crippen LogP contribution is 2.28. The van der Waals surface area contributed by atoms with Crippen molar-refractivity contribution in [1.29, 1.82) is 0 Å². The third-order valence-corrected chi connectivity index (χ3v) is 3.19. The van der Waals surface area contributed by atoms with Crippen LogP contribution in [0.1, 0.15) is 6.92 Å². The summed E-state index contributed by atoms with van der Waals surface area (Å²) in [6.07, 6.45) is -5.65. The van der Waals surface area contributed by atoms with Gasteiger partial charge in [0.2, 0.25) is 5.91 Å². The Morgan fingerprint density at radius 2 is 2.22 bits per heavy atom. The van der Waals surface area contributed by atoms with E-state index in [4.69, 9.17) is 9.84 Å². The van der Waals surface area contributed by atoms with Crippen LogP contribution in [0.3, 0.4) is 0 Å². The topological polar surface area (TPSA) is 99.1 Å². The number of nitrogens with zero attached hydrogens (tertiary/aromatic N) is 1. The van der Waals surface area contributed by atoms with E-state index in [0.29, 0.717) is 0 Å². The SMILES string of the molecule is CC1CN([C@@H]2O[C@H](CO)C(O)[C@@H]2F)C(=O)NC1=O. The van der Waals surface area contributed by atoms with Crippen LogP contribution < -0.4 is 5.32 Å². The number of carbonyl (C=O) groups excluding carboxylic acids is 2. The number of rotatable bonds is 2. The molecule has 8 heteroatoms. The maximum Gasteiger partial charge on any atom is 0.326 e. The number of hydrogen-bond acceptors (Lipinski definition) is 5. The molecule has 0 bridgehead atoms. The van der Waals surface area contributed by atoms with Crippen LogP contribution in [0.5, 0.6) is 0 Å². The van der Waals surface area contributed by atoms with Crippen molar-refractivity contribution in [2.45, 2.75) is 31.5 Å². The zero-order chi connectivity index (χ0) is 13.4. The fourth-order valence-corrected chi connectivity index (χ4v) is 2.09. The molecular weight excluding hydrogens is 247 g/mol. The number of ether oxygens (including phenoxy) is 1. The van der Waals surface area contributed by atoms with Crippen molar-refractivity contribution in [1.82, 2.24) is 10.2 Å². The maximum absolute atomic E-state index is 13.8. The number of aliphatic hydroxyl groups is 2. The molecule has 3 amide bonds. The Labute approximate surface area is 103 Å². The second kappa shape index (κ2) is 4.79. The molecule has 0 aromatic carbocycles. The fourth-order valence-electron chi connectivity index (χ4n) is 2.09. The van der Waals surface area contributed by atoms with Gasteiger partial charge in [0.1, 0.15) is 12.2 Å². The Morgan fingerprint density at radius 1 is 1.56 bits per heavy atom. The summed E-state index contributed by atoms with van der Waals surface area (Å²) in [7, 11) is 0. The summed E-state index contributed by atoms with van der Waals surface area (Å²) in [5.74, 6) is -0.910. The van der Waals surface area contributed by atoms with Crippen molar-refractivity contribution in [2.75, 3.05) is 13.2 Å². The van der Waals surface area contributed by atoms with Crippen molar-refractivity contribution in [3.05, 3.63) is 0 Å². The predicted molar refractivity (Wildman–Crippen MR) is 56.1 cm³/mol. The zero-order valence-electron chi connectivity index (χ0n) is 9.75. The van der Waals surface area contributed by atoms with Crippen molar-refractivity contribution >= 4 is 11.9 Å². The van der Waals surface area contributed by atoms with Crippen LogP contribution in [-0.4, -0.2) is 64.8 Å². The van der Waals surface area contributed by atoms with Gasteiger partial charge in [0, 0.05) is 6.54 Å². The minimum Gasteiger partial charge on any atom is -0.394 e. The lowest BCUT2D eigenvalue weighted by atomic mass is 10.1. The summed E-state index contributed by atoms with van der Waals surface area (Å²) < 4.78 is 18.9. The molecule has 2 fully saturated rings. The summed E-state index contributed by atoms with van der Waals surface area (Å²) >= 11 is 0. The number of nitrogens with one attached hydrogen (secondary N) is 1. The molecule has 2 aliphatic rings. The van der Waals surface area contributed by atoms with Crippen molar-refractivity contribution < 1.29 is 28.9 Å². The molecule has 7 nitrogen and oxygen atoms in total. The van der Waals surface area contributed by atoms with Gasteiger partial charge >= 0.3 is 6.03 Å². The number of aliphatic hydroxyl groups excluding tert-OH is 2. The lowest BCUT2D eigenvalue weighted by molar-refractivity contribution is -0.129. The molecule has 0 aromatic rings. The van der Waals surface area contributed by atoms with Crippen LogP contribution in [0.4, 0.5) is 9.18 Å². The van der Waals surface area contributed by atoms with Gasteiger partial charge in [-0.1, -0.05) is 6.92 Å². The van der Waals surface area contributed by atoms with Crippen LogP contribution >= 0.6 is 0 Å². The van der Waals surface area contributed by atoms with Crippen molar-refractivity contribution in [3.63, 3.8) is 0 Å². The fraction of sp³-hybridized carbons (Fsp3) is 0.800. The minimum atomic E-state index is -1.81. The average molecular weight is 262 g/mol. The molecule has 3 N–H and O–H groups in total. The number of imide groups is 1. The van der Waals surface area contributed by atoms with Gasteiger partial charge in [-0.15, -0.1) is 0 Å². The number of hydrogen-bond donors (Lipinski definition) is 3. The van der Waals surface area contributed by atoms with Gasteiger partial charge in [0.05, 0.1) is 12.5 Å². The molecule has 2 rings (SSSR count). The molecule has 2 saturated heterocycles. The van der Waals surface area contributed by atoms with E-state index in [1.165, 1.54) is 0 Å². The Bertz CT molecular complexity index is 366. The van der Waals surface area contributed by atoms with E-state index in [0.717, 1.165) is 4.90 Å². The molecule has 0 saturated carbocycles. The highest BCUT2D eigenvalue weighted by molar-refractivity contribution is 5.97. The van der Waals surface area contributed by atoms with E-state index in [1.807, 2.05) is 0 Å². The zero-order valence-corrected chi connectivity index (χ0v) is 9.75. The summed E-state index contributed by atoms with van der Waals surface area (Å²) in [4.78, 5) is 23.9. The first-order valence-corrected chi connectivity index (χ1v) is 5.65. The van der Waals surface area contributed by atoms with Crippen molar-refractivity contribution in [2.24, 2.45) is 5.92 Å². The molecule has 2 unspecified atom stereocenters. The third kappa shape index (κ3) is 2.06. The second-order valence-corrected chi connectivity index (χ2v) is 4.53. The van der Waals surface area contributed by atoms with Crippen LogP contribution in [0.25, 0.3) is 0 Å². The van der Waals surface area contributed by atoms with Gasteiger partial charge < -0.3 is 14.9 Å². The van der Waals surface area contributed by atoms with Gasteiger partial charge in [-0.3, -0.25) is 15.0 Å². The number of urea groups is 1. The van der Waals surface area contributed by atoms with Gasteiger partial charge in [-0.25, -0.2) is 9.18 Å². The quantitative estimate of drug-likeness (QED) is 0.568. The van der Waals surface area contributed by atoms with Gasteiger partial charge in [-0.05, 0) is 0 Å². The van der Waals surface area contributed by atoms with E-state index in [2.05, 4.69) is 5.32 Å². The van der Waals surface area contributed by atoms with E-state index in [9.17, 15) is 19.1 Å². The molecule has 5 atom stereocenters. The first-order valence-electron chi connectivity index (χ1n) is 5.65.